The quantitative estimate of drug-likeness (QED) is 0.315. The van der Waals surface area contributed by atoms with Gasteiger partial charge in [0.2, 0.25) is 0 Å². The van der Waals surface area contributed by atoms with Gasteiger partial charge in [-0.05, 0) is 25.7 Å². The van der Waals surface area contributed by atoms with Crippen molar-refractivity contribution in [1.29, 1.82) is 0 Å². The largest absolute Gasteiger partial charge is 0.481 e. The molecule has 0 unspecified atom stereocenters. The number of carboxylic acid groups (broad SMARTS) is 1. The van der Waals surface area contributed by atoms with Crippen LogP contribution < -0.4 is 0 Å². The number of aliphatic hydroxyl groups is 4. The van der Waals surface area contributed by atoms with E-state index in [1.165, 1.54) is 6.92 Å². The van der Waals surface area contributed by atoms with Gasteiger partial charge in [0.15, 0.2) is 0 Å². The van der Waals surface area contributed by atoms with Gasteiger partial charge in [0.05, 0.1) is 30.3 Å². The maximum absolute atomic E-state index is 12.7. The van der Waals surface area contributed by atoms with E-state index in [0.717, 1.165) is 0 Å². The third-order valence-electron chi connectivity index (χ3n) is 6.30. The highest BCUT2D eigenvalue weighted by atomic mass is 16.4. The maximum atomic E-state index is 12.7. The number of carboxylic acids is 1. The van der Waals surface area contributed by atoms with Crippen molar-refractivity contribution in [2.75, 3.05) is 0 Å². The van der Waals surface area contributed by atoms with Gasteiger partial charge in [-0.25, -0.2) is 0 Å². The summed E-state index contributed by atoms with van der Waals surface area (Å²) in [6.45, 7) is 11.6. The van der Waals surface area contributed by atoms with Crippen LogP contribution in [0.15, 0.2) is 0 Å². The first kappa shape index (κ1) is 27.0. The maximum Gasteiger partial charge on any atom is 0.308 e. The topological polar surface area (TPSA) is 135 Å². The Morgan fingerprint density at radius 3 is 1.64 bits per heavy atom. The lowest BCUT2D eigenvalue weighted by molar-refractivity contribution is -0.147. The van der Waals surface area contributed by atoms with Crippen molar-refractivity contribution in [2.45, 2.75) is 85.7 Å². The first-order valence-corrected chi connectivity index (χ1v) is 10.3. The minimum Gasteiger partial charge on any atom is -0.481 e. The van der Waals surface area contributed by atoms with Crippen LogP contribution in [0.1, 0.15) is 61.3 Å². The average Bonchev–Trinajstić information content (AvgIpc) is 2.67. The highest BCUT2D eigenvalue weighted by Crippen LogP contribution is 2.28. The molecule has 10 atom stereocenters. The van der Waals surface area contributed by atoms with E-state index >= 15 is 0 Å². The zero-order chi connectivity index (χ0) is 22.3. The fraction of sp³-hybridized carbons (Fsp3) is 0.905. The van der Waals surface area contributed by atoms with Crippen LogP contribution in [0.4, 0.5) is 0 Å². The fourth-order valence-electron chi connectivity index (χ4n) is 3.81. The highest BCUT2D eigenvalue weighted by molar-refractivity contribution is 5.83. The van der Waals surface area contributed by atoms with Crippen LogP contribution in [-0.2, 0) is 9.59 Å². The van der Waals surface area contributed by atoms with E-state index in [9.17, 15) is 30.0 Å². The second-order valence-electron chi connectivity index (χ2n) is 8.60. The molecule has 0 spiro atoms. The predicted molar refractivity (Wildman–Crippen MR) is 107 cm³/mol. The molecule has 0 aliphatic rings. The molecular formula is C21H40O7. The Morgan fingerprint density at radius 2 is 1.21 bits per heavy atom. The number of carbonyl (C=O) groups excluding carboxylic acids is 1. The first-order valence-electron chi connectivity index (χ1n) is 10.3. The van der Waals surface area contributed by atoms with Crippen LogP contribution in [0.2, 0.25) is 0 Å². The molecule has 0 saturated heterocycles. The first-order chi connectivity index (χ1) is 12.8. The summed E-state index contributed by atoms with van der Waals surface area (Å²) >= 11 is 0. The van der Waals surface area contributed by atoms with Crippen LogP contribution in [0.5, 0.6) is 0 Å². The van der Waals surface area contributed by atoms with E-state index in [-0.39, 0.29) is 11.7 Å². The second kappa shape index (κ2) is 11.9. The zero-order valence-electron chi connectivity index (χ0n) is 18.2. The Morgan fingerprint density at radius 1 is 0.750 bits per heavy atom. The zero-order valence-corrected chi connectivity index (χ0v) is 18.2. The molecule has 0 aromatic heterocycles. The second-order valence-corrected chi connectivity index (χ2v) is 8.60. The van der Waals surface area contributed by atoms with Gasteiger partial charge in [0.25, 0.3) is 0 Å². The third-order valence-corrected chi connectivity index (χ3v) is 6.30. The number of hydrogen-bond acceptors (Lipinski definition) is 6. The molecule has 5 N–H and O–H groups in total. The highest BCUT2D eigenvalue weighted by Gasteiger charge is 2.36. The van der Waals surface area contributed by atoms with Crippen LogP contribution >= 0.6 is 0 Å². The normalized spacial score (nSPS) is 22.8. The van der Waals surface area contributed by atoms with Crippen molar-refractivity contribution in [1.82, 2.24) is 0 Å². The fourth-order valence-corrected chi connectivity index (χ4v) is 3.81. The average molecular weight is 405 g/mol. The van der Waals surface area contributed by atoms with Gasteiger partial charge in [-0.1, -0.05) is 41.5 Å². The molecule has 0 fully saturated rings. The molecule has 166 valence electrons. The van der Waals surface area contributed by atoms with Crippen molar-refractivity contribution in [3.8, 4) is 0 Å². The molecule has 28 heavy (non-hydrogen) atoms. The molecule has 0 amide bonds. The van der Waals surface area contributed by atoms with E-state index in [0.29, 0.717) is 12.8 Å². The number of carbonyl (C=O) groups is 2. The summed E-state index contributed by atoms with van der Waals surface area (Å²) in [5.74, 6) is -4.78. The molecule has 0 saturated carbocycles. The molecule has 0 aromatic rings. The number of ketones is 1. The van der Waals surface area contributed by atoms with Crippen LogP contribution in [0.3, 0.4) is 0 Å². The molecule has 0 bridgehead atoms. The van der Waals surface area contributed by atoms with Crippen molar-refractivity contribution < 1.29 is 35.1 Å². The molecule has 0 aliphatic carbocycles. The third kappa shape index (κ3) is 7.10. The van der Waals surface area contributed by atoms with Crippen molar-refractivity contribution in [3.63, 3.8) is 0 Å². The lowest BCUT2D eigenvalue weighted by Crippen LogP contribution is -2.41. The van der Waals surface area contributed by atoms with Crippen LogP contribution in [0, 0.1) is 35.5 Å². The molecule has 0 heterocycles. The number of aliphatic carboxylic acids is 1. The summed E-state index contributed by atoms with van der Waals surface area (Å²) in [7, 11) is 0. The Balaban J connectivity index is 4.92. The number of hydrogen-bond donors (Lipinski definition) is 5. The van der Waals surface area contributed by atoms with Gasteiger partial charge in [0, 0.05) is 23.7 Å². The summed E-state index contributed by atoms with van der Waals surface area (Å²) in [5.41, 5.74) is 0. The van der Waals surface area contributed by atoms with Crippen molar-refractivity contribution >= 4 is 11.8 Å². The molecular weight excluding hydrogens is 364 g/mol. The molecule has 7 heteroatoms. The number of Topliss-reactive ketones (excluding diaryl/α,β-unsaturated/α-hetero) is 1. The molecule has 0 aromatic carbocycles. The summed E-state index contributed by atoms with van der Waals surface area (Å²) in [6.07, 6.45) is -2.96. The Kier molecular flexibility index (Phi) is 11.4. The smallest absolute Gasteiger partial charge is 0.308 e. The van der Waals surface area contributed by atoms with Crippen LogP contribution in [0.25, 0.3) is 0 Å². The van der Waals surface area contributed by atoms with E-state index in [1.807, 2.05) is 6.92 Å². The molecule has 0 radical (unpaired) electrons. The van der Waals surface area contributed by atoms with Crippen molar-refractivity contribution in [2.24, 2.45) is 35.5 Å². The van der Waals surface area contributed by atoms with Crippen molar-refractivity contribution in [3.05, 3.63) is 0 Å². The van der Waals surface area contributed by atoms with Gasteiger partial charge < -0.3 is 25.5 Å². The van der Waals surface area contributed by atoms with E-state index < -0.39 is 60.0 Å². The SMILES string of the molecule is CC[C@@H](O)[C@H](C)[C@H](O)[C@@H](C)C(=O)[C@H](C)C[C@H](C)[C@H](O)[C@@H](C)[C@H](O)[C@@H](C)C(=O)O. The summed E-state index contributed by atoms with van der Waals surface area (Å²) < 4.78 is 0. The Hall–Kier alpha value is -1.02. The van der Waals surface area contributed by atoms with Gasteiger partial charge >= 0.3 is 5.97 Å². The Labute approximate surface area is 168 Å². The summed E-state index contributed by atoms with van der Waals surface area (Å²) in [6, 6.07) is 0. The van der Waals surface area contributed by atoms with Gasteiger partial charge in [-0.15, -0.1) is 0 Å². The van der Waals surface area contributed by atoms with E-state index in [1.54, 1.807) is 34.6 Å². The minimum atomic E-state index is -1.20. The monoisotopic (exact) mass is 404 g/mol. The lowest BCUT2D eigenvalue weighted by Gasteiger charge is -2.32. The van der Waals surface area contributed by atoms with Gasteiger partial charge in [-0.3, -0.25) is 9.59 Å². The Bertz CT molecular complexity index is 495. The standard InChI is InChI=1S/C21H40O7/c1-8-16(22)12(4)19(25)13(5)17(23)10(2)9-11(3)18(24)14(6)20(26)15(7)21(27)28/h10-16,18-20,22,24-26H,8-9H2,1-7H3,(H,27,28)/t10-,11+,12+,13+,14-,15-,16-,18+,19+,20+/m1/s1. The lowest BCUT2D eigenvalue weighted by atomic mass is 9.77. The van der Waals surface area contributed by atoms with E-state index in [4.69, 9.17) is 5.11 Å². The van der Waals surface area contributed by atoms with Gasteiger partial charge in [0.1, 0.15) is 5.78 Å². The summed E-state index contributed by atoms with van der Waals surface area (Å²) in [4.78, 5) is 23.7. The van der Waals surface area contributed by atoms with Crippen LogP contribution in [-0.4, -0.2) is 61.7 Å². The molecule has 0 aliphatic heterocycles. The summed E-state index contributed by atoms with van der Waals surface area (Å²) in [5, 5.41) is 50.0. The van der Waals surface area contributed by atoms with Gasteiger partial charge in [-0.2, -0.15) is 0 Å². The predicted octanol–water partition coefficient (Wildman–Crippen LogP) is 1.70. The number of aliphatic hydroxyl groups excluding tert-OH is 4. The number of rotatable bonds is 13. The molecule has 0 rings (SSSR count). The van der Waals surface area contributed by atoms with E-state index in [2.05, 4.69) is 0 Å². The molecule has 7 nitrogen and oxygen atoms in total. The minimum absolute atomic E-state index is 0.145.